The molecule has 0 amide bonds. The molecule has 6 heteroatoms. The van der Waals surface area contributed by atoms with Crippen molar-refractivity contribution in [3.63, 3.8) is 0 Å². The number of nitrogens with zero attached hydrogens (tertiary/aromatic N) is 1. The Kier molecular flexibility index (Phi) is 4.57. The first-order valence-corrected chi connectivity index (χ1v) is 6.71. The average Bonchev–Trinajstić information content (AvgIpc) is 2.46. The monoisotopic (exact) mass is 336 g/mol. The van der Waals surface area contributed by atoms with E-state index in [2.05, 4.69) is 21.2 Å². The minimum Gasteiger partial charge on any atom is -0.497 e. The topological polar surface area (TPSA) is 64.4 Å². The Bertz CT molecular complexity index is 632. The molecule has 0 aliphatic rings. The van der Waals surface area contributed by atoms with Crippen LogP contribution in [0.4, 0.5) is 11.4 Å². The zero-order valence-electron chi connectivity index (χ0n) is 10.8. The summed E-state index contributed by atoms with van der Waals surface area (Å²) in [6.45, 7) is 0.482. The van der Waals surface area contributed by atoms with E-state index in [1.165, 1.54) is 13.2 Å². The summed E-state index contributed by atoms with van der Waals surface area (Å²) < 4.78 is 6.05. The SMILES string of the molecule is COc1ccc([N+](=O)[O-])c(NCc2ccccc2Br)c1. The normalized spacial score (nSPS) is 10.1. The van der Waals surface area contributed by atoms with Gasteiger partial charge in [0.15, 0.2) is 0 Å². The number of nitrogens with one attached hydrogen (secondary N) is 1. The highest BCUT2D eigenvalue weighted by Crippen LogP contribution is 2.29. The lowest BCUT2D eigenvalue weighted by atomic mass is 10.2. The first kappa shape index (κ1) is 14.3. The summed E-state index contributed by atoms with van der Waals surface area (Å²) in [5.74, 6) is 0.574. The molecule has 0 unspecified atom stereocenters. The molecule has 2 aromatic carbocycles. The van der Waals surface area contributed by atoms with Crippen molar-refractivity contribution in [3.05, 3.63) is 62.6 Å². The molecule has 5 nitrogen and oxygen atoms in total. The van der Waals surface area contributed by atoms with Crippen LogP contribution < -0.4 is 10.1 Å². The van der Waals surface area contributed by atoms with Gasteiger partial charge in [0.1, 0.15) is 11.4 Å². The van der Waals surface area contributed by atoms with E-state index in [1.807, 2.05) is 24.3 Å². The minimum atomic E-state index is -0.415. The highest BCUT2D eigenvalue weighted by atomic mass is 79.9. The van der Waals surface area contributed by atoms with Crippen LogP contribution in [0.25, 0.3) is 0 Å². The van der Waals surface area contributed by atoms with Crippen LogP contribution in [0.15, 0.2) is 46.9 Å². The Balaban J connectivity index is 2.24. The third-order valence-corrected chi connectivity index (χ3v) is 3.60. The van der Waals surface area contributed by atoms with Crippen molar-refractivity contribution >= 4 is 27.3 Å². The van der Waals surface area contributed by atoms with E-state index in [0.717, 1.165) is 10.0 Å². The molecule has 104 valence electrons. The van der Waals surface area contributed by atoms with Crippen LogP contribution in [-0.2, 0) is 6.54 Å². The lowest BCUT2D eigenvalue weighted by Crippen LogP contribution is -2.03. The van der Waals surface area contributed by atoms with E-state index in [0.29, 0.717) is 18.0 Å². The van der Waals surface area contributed by atoms with Crippen molar-refractivity contribution in [2.24, 2.45) is 0 Å². The molecule has 20 heavy (non-hydrogen) atoms. The van der Waals surface area contributed by atoms with Gasteiger partial charge < -0.3 is 10.1 Å². The number of ether oxygens (including phenoxy) is 1. The smallest absolute Gasteiger partial charge is 0.292 e. The molecule has 0 aliphatic carbocycles. The van der Waals surface area contributed by atoms with Gasteiger partial charge in [-0.05, 0) is 17.7 Å². The second-order valence-corrected chi connectivity index (χ2v) is 4.94. The van der Waals surface area contributed by atoms with Crippen LogP contribution in [0.3, 0.4) is 0 Å². The molecule has 0 aromatic heterocycles. The number of anilines is 1. The predicted molar refractivity (Wildman–Crippen MR) is 81.1 cm³/mol. The number of halogens is 1. The Morgan fingerprint density at radius 3 is 2.70 bits per heavy atom. The van der Waals surface area contributed by atoms with Gasteiger partial charge in [-0.1, -0.05) is 34.1 Å². The molecular weight excluding hydrogens is 324 g/mol. The predicted octanol–water partition coefficient (Wildman–Crippen LogP) is 3.98. The van der Waals surface area contributed by atoms with Crippen molar-refractivity contribution in [1.29, 1.82) is 0 Å². The summed E-state index contributed by atoms with van der Waals surface area (Å²) in [6, 6.07) is 12.3. The fraction of sp³-hybridized carbons (Fsp3) is 0.143. The van der Waals surface area contributed by atoms with Gasteiger partial charge in [-0.25, -0.2) is 0 Å². The quantitative estimate of drug-likeness (QED) is 0.662. The number of benzene rings is 2. The van der Waals surface area contributed by atoms with Crippen LogP contribution in [0, 0.1) is 10.1 Å². The number of hydrogen-bond acceptors (Lipinski definition) is 4. The fourth-order valence-electron chi connectivity index (χ4n) is 1.78. The van der Waals surface area contributed by atoms with E-state index in [9.17, 15) is 10.1 Å². The van der Waals surface area contributed by atoms with Crippen molar-refractivity contribution < 1.29 is 9.66 Å². The average molecular weight is 337 g/mol. The van der Waals surface area contributed by atoms with Crippen LogP contribution in [0.5, 0.6) is 5.75 Å². The van der Waals surface area contributed by atoms with E-state index >= 15 is 0 Å². The molecular formula is C14H13BrN2O3. The van der Waals surface area contributed by atoms with Crippen molar-refractivity contribution in [3.8, 4) is 5.75 Å². The zero-order chi connectivity index (χ0) is 14.5. The number of hydrogen-bond donors (Lipinski definition) is 1. The number of methoxy groups -OCH3 is 1. The summed E-state index contributed by atoms with van der Waals surface area (Å²) in [5, 5.41) is 14.1. The molecule has 0 heterocycles. The molecule has 0 spiro atoms. The largest absolute Gasteiger partial charge is 0.497 e. The Morgan fingerprint density at radius 1 is 1.30 bits per heavy atom. The molecule has 2 rings (SSSR count). The van der Waals surface area contributed by atoms with Crippen molar-refractivity contribution in [2.75, 3.05) is 12.4 Å². The summed E-state index contributed by atoms with van der Waals surface area (Å²) >= 11 is 3.45. The lowest BCUT2D eigenvalue weighted by Gasteiger charge is -2.10. The fourth-order valence-corrected chi connectivity index (χ4v) is 2.20. The molecule has 0 saturated heterocycles. The first-order valence-electron chi connectivity index (χ1n) is 5.91. The highest BCUT2D eigenvalue weighted by molar-refractivity contribution is 9.10. The van der Waals surface area contributed by atoms with Gasteiger partial charge in [0.25, 0.3) is 5.69 Å². The maximum atomic E-state index is 11.0. The van der Waals surface area contributed by atoms with Gasteiger partial charge in [0, 0.05) is 23.2 Å². The molecule has 0 fully saturated rings. The summed E-state index contributed by atoms with van der Waals surface area (Å²) in [4.78, 5) is 10.6. The van der Waals surface area contributed by atoms with Crippen LogP contribution >= 0.6 is 15.9 Å². The summed E-state index contributed by atoms with van der Waals surface area (Å²) in [5.41, 5.74) is 1.48. The van der Waals surface area contributed by atoms with Gasteiger partial charge in [-0.3, -0.25) is 10.1 Å². The number of nitro benzene ring substituents is 1. The lowest BCUT2D eigenvalue weighted by molar-refractivity contribution is -0.384. The van der Waals surface area contributed by atoms with Gasteiger partial charge in [-0.2, -0.15) is 0 Å². The van der Waals surface area contributed by atoms with Crippen molar-refractivity contribution in [2.45, 2.75) is 6.54 Å². The Morgan fingerprint density at radius 2 is 2.05 bits per heavy atom. The Hall–Kier alpha value is -2.08. The van der Waals surface area contributed by atoms with Gasteiger partial charge in [-0.15, -0.1) is 0 Å². The second kappa shape index (κ2) is 6.38. The van der Waals surface area contributed by atoms with E-state index in [1.54, 1.807) is 12.1 Å². The van der Waals surface area contributed by atoms with E-state index in [4.69, 9.17) is 4.74 Å². The van der Waals surface area contributed by atoms with Crippen LogP contribution in [0.2, 0.25) is 0 Å². The third-order valence-electron chi connectivity index (χ3n) is 2.83. The van der Waals surface area contributed by atoms with Gasteiger partial charge in [0.05, 0.1) is 12.0 Å². The van der Waals surface area contributed by atoms with Crippen LogP contribution in [-0.4, -0.2) is 12.0 Å². The minimum absolute atomic E-state index is 0.0258. The zero-order valence-corrected chi connectivity index (χ0v) is 12.4. The van der Waals surface area contributed by atoms with E-state index < -0.39 is 4.92 Å². The summed E-state index contributed by atoms with van der Waals surface area (Å²) in [6.07, 6.45) is 0. The maximum absolute atomic E-state index is 11.0. The molecule has 2 aromatic rings. The van der Waals surface area contributed by atoms with E-state index in [-0.39, 0.29) is 5.69 Å². The number of rotatable bonds is 5. The molecule has 1 N–H and O–H groups in total. The molecule has 0 atom stereocenters. The highest BCUT2D eigenvalue weighted by Gasteiger charge is 2.14. The molecule has 0 bridgehead atoms. The standard InChI is InChI=1S/C14H13BrN2O3/c1-20-11-6-7-14(17(18)19)13(8-11)16-9-10-4-2-3-5-12(10)15/h2-8,16H,9H2,1H3. The van der Waals surface area contributed by atoms with Gasteiger partial charge in [0.2, 0.25) is 0 Å². The van der Waals surface area contributed by atoms with Crippen LogP contribution in [0.1, 0.15) is 5.56 Å². The maximum Gasteiger partial charge on any atom is 0.292 e. The molecule has 0 saturated carbocycles. The van der Waals surface area contributed by atoms with Gasteiger partial charge >= 0.3 is 0 Å². The summed E-state index contributed by atoms with van der Waals surface area (Å²) in [7, 11) is 1.53. The molecule has 0 radical (unpaired) electrons. The molecule has 0 aliphatic heterocycles. The Labute approximate surface area is 124 Å². The number of nitro groups is 1. The first-order chi connectivity index (χ1) is 9.61. The third kappa shape index (κ3) is 3.27. The van der Waals surface area contributed by atoms with Crippen molar-refractivity contribution in [1.82, 2.24) is 0 Å². The second-order valence-electron chi connectivity index (χ2n) is 4.09.